The maximum absolute atomic E-state index is 12.7. The molecule has 120 valence electrons. The van der Waals surface area contributed by atoms with Crippen molar-refractivity contribution < 1.29 is 29.1 Å². The summed E-state index contributed by atoms with van der Waals surface area (Å²) < 4.78 is 10.5. The lowest BCUT2D eigenvalue weighted by Gasteiger charge is -2.32. The number of benzene rings is 1. The third kappa shape index (κ3) is 3.48. The van der Waals surface area contributed by atoms with Crippen molar-refractivity contribution in [3.63, 3.8) is 0 Å². The molecule has 1 N–H and O–H groups in total. The van der Waals surface area contributed by atoms with E-state index in [4.69, 9.17) is 9.47 Å². The first kappa shape index (κ1) is 16.1. The molecule has 22 heavy (non-hydrogen) atoms. The molecule has 0 unspecified atom stereocenters. The lowest BCUT2D eigenvalue weighted by atomic mass is 10.1. The van der Waals surface area contributed by atoms with Gasteiger partial charge in [-0.05, 0) is 12.1 Å². The molecular weight excluding hydrogens is 288 g/mol. The first-order valence-corrected chi connectivity index (χ1v) is 7.10. The van der Waals surface area contributed by atoms with Crippen LogP contribution in [0.2, 0.25) is 0 Å². The third-order valence-electron chi connectivity index (χ3n) is 3.79. The summed E-state index contributed by atoms with van der Waals surface area (Å²) in [7, 11) is 3.01. The monoisotopic (exact) mass is 308 g/mol. The second-order valence-corrected chi connectivity index (χ2v) is 5.13. The van der Waals surface area contributed by atoms with E-state index < -0.39 is 5.97 Å². The number of carbonyl (C=O) groups is 2. The Morgan fingerprint density at radius 3 is 2.18 bits per heavy atom. The number of carboxylic acid groups (broad SMARTS) is 1. The molecule has 1 fully saturated rings. The number of piperazine rings is 1. The molecule has 7 nitrogen and oxygen atoms in total. The summed E-state index contributed by atoms with van der Waals surface area (Å²) in [6, 6.07) is 5.19. The molecule has 1 aromatic rings. The predicted molar refractivity (Wildman–Crippen MR) is 76.0 cm³/mol. The van der Waals surface area contributed by atoms with E-state index in [0.29, 0.717) is 43.2 Å². The van der Waals surface area contributed by atoms with E-state index in [-0.39, 0.29) is 12.5 Å². The molecule has 1 aliphatic rings. The molecule has 7 heteroatoms. The van der Waals surface area contributed by atoms with Gasteiger partial charge in [0.15, 0.2) is 0 Å². The van der Waals surface area contributed by atoms with E-state index in [1.54, 1.807) is 23.1 Å². The summed E-state index contributed by atoms with van der Waals surface area (Å²) in [6.45, 7) is 2.11. The van der Waals surface area contributed by atoms with Crippen molar-refractivity contribution >= 4 is 11.9 Å². The van der Waals surface area contributed by atoms with Crippen LogP contribution in [0.1, 0.15) is 10.4 Å². The van der Waals surface area contributed by atoms with Crippen LogP contribution >= 0.6 is 0 Å². The van der Waals surface area contributed by atoms with Gasteiger partial charge in [0.1, 0.15) is 23.6 Å². The number of nitrogens with one attached hydrogen (secondary N) is 1. The van der Waals surface area contributed by atoms with Crippen molar-refractivity contribution in [1.82, 2.24) is 4.90 Å². The Morgan fingerprint density at radius 2 is 1.73 bits per heavy atom. The van der Waals surface area contributed by atoms with Gasteiger partial charge >= 0.3 is 0 Å². The van der Waals surface area contributed by atoms with Crippen LogP contribution in [0.15, 0.2) is 18.2 Å². The van der Waals surface area contributed by atoms with Crippen LogP contribution < -0.4 is 19.5 Å². The zero-order chi connectivity index (χ0) is 16.1. The van der Waals surface area contributed by atoms with Gasteiger partial charge in [0, 0.05) is 0 Å². The van der Waals surface area contributed by atoms with E-state index in [0.717, 1.165) is 4.90 Å². The smallest absolute Gasteiger partial charge is 0.261 e. The van der Waals surface area contributed by atoms with Crippen LogP contribution in [0.25, 0.3) is 0 Å². The largest absolute Gasteiger partial charge is 0.544 e. The van der Waals surface area contributed by atoms with Gasteiger partial charge < -0.3 is 29.2 Å². The predicted octanol–water partition coefficient (Wildman–Crippen LogP) is -2.21. The van der Waals surface area contributed by atoms with Gasteiger partial charge in [0.2, 0.25) is 0 Å². The minimum Gasteiger partial charge on any atom is -0.544 e. The van der Waals surface area contributed by atoms with Crippen LogP contribution in [0.4, 0.5) is 0 Å². The lowest BCUT2D eigenvalue weighted by Crippen LogP contribution is -3.16. The molecule has 1 saturated heterocycles. The molecule has 0 spiro atoms. The first-order valence-electron chi connectivity index (χ1n) is 7.10. The molecule has 1 heterocycles. The van der Waals surface area contributed by atoms with Crippen LogP contribution in [0.3, 0.4) is 0 Å². The Labute approximate surface area is 129 Å². The highest BCUT2D eigenvalue weighted by Crippen LogP contribution is 2.29. The van der Waals surface area contributed by atoms with Crippen molar-refractivity contribution in [2.45, 2.75) is 0 Å². The van der Waals surface area contributed by atoms with E-state index >= 15 is 0 Å². The summed E-state index contributed by atoms with van der Waals surface area (Å²) in [5.74, 6) is -0.300. The Kier molecular flexibility index (Phi) is 5.21. The maximum atomic E-state index is 12.7. The van der Waals surface area contributed by atoms with Crippen molar-refractivity contribution in [2.24, 2.45) is 0 Å². The van der Waals surface area contributed by atoms with Gasteiger partial charge in [0.05, 0.1) is 46.4 Å². The number of aliphatic carboxylic acids is 1. The molecule has 0 aliphatic carbocycles. The standard InChI is InChI=1S/C15H20N2O5/c1-21-11-4-3-5-12(22-2)14(11)15(20)17-8-6-16(7-9-17)10-13(18)19/h3-5H,6-10H2,1-2H3,(H,18,19). The van der Waals surface area contributed by atoms with Gasteiger partial charge in [-0.25, -0.2) is 0 Å². The van der Waals surface area contributed by atoms with Crippen LogP contribution in [-0.2, 0) is 4.79 Å². The van der Waals surface area contributed by atoms with E-state index in [1.165, 1.54) is 14.2 Å². The SMILES string of the molecule is COc1cccc(OC)c1C(=O)N1CC[NH+](CC(=O)[O-])CC1. The molecule has 0 radical (unpaired) electrons. The minimum atomic E-state index is -1.07. The van der Waals surface area contributed by atoms with Gasteiger partial charge in [-0.2, -0.15) is 0 Å². The maximum Gasteiger partial charge on any atom is 0.261 e. The Hall–Kier alpha value is -2.28. The average molecular weight is 308 g/mol. The van der Waals surface area contributed by atoms with Gasteiger partial charge in [0.25, 0.3) is 5.91 Å². The van der Waals surface area contributed by atoms with Crippen molar-refractivity contribution in [3.05, 3.63) is 23.8 Å². The summed E-state index contributed by atoms with van der Waals surface area (Å²) >= 11 is 0. The van der Waals surface area contributed by atoms with Crippen LogP contribution in [-0.4, -0.2) is 63.7 Å². The molecule has 0 bridgehead atoms. The summed E-state index contributed by atoms with van der Waals surface area (Å²) in [5.41, 5.74) is 0.399. The zero-order valence-electron chi connectivity index (χ0n) is 12.8. The minimum absolute atomic E-state index is 0.0278. The van der Waals surface area contributed by atoms with Gasteiger partial charge in [-0.1, -0.05) is 6.07 Å². The average Bonchev–Trinajstić information content (AvgIpc) is 2.53. The van der Waals surface area contributed by atoms with Crippen LogP contribution in [0, 0.1) is 0 Å². The number of methoxy groups -OCH3 is 2. The molecule has 0 atom stereocenters. The highest BCUT2D eigenvalue weighted by Gasteiger charge is 2.28. The normalized spacial score (nSPS) is 15.5. The Morgan fingerprint density at radius 1 is 1.18 bits per heavy atom. The zero-order valence-corrected chi connectivity index (χ0v) is 12.8. The van der Waals surface area contributed by atoms with Crippen molar-refractivity contribution in [3.8, 4) is 11.5 Å². The topological polar surface area (TPSA) is 83.3 Å². The first-order chi connectivity index (χ1) is 10.6. The summed E-state index contributed by atoms with van der Waals surface area (Å²) in [6.07, 6.45) is 0. The Balaban J connectivity index is 2.12. The van der Waals surface area contributed by atoms with E-state index in [2.05, 4.69) is 0 Å². The number of hydrogen-bond acceptors (Lipinski definition) is 5. The molecule has 1 amide bonds. The fourth-order valence-corrected chi connectivity index (χ4v) is 2.63. The number of rotatable bonds is 5. The highest BCUT2D eigenvalue weighted by atomic mass is 16.5. The number of amides is 1. The number of ether oxygens (including phenoxy) is 2. The molecular formula is C15H20N2O5. The number of carbonyl (C=O) groups excluding carboxylic acids is 2. The highest BCUT2D eigenvalue weighted by molar-refractivity contribution is 5.99. The number of carboxylic acids is 1. The molecule has 2 rings (SSSR count). The van der Waals surface area contributed by atoms with Gasteiger partial charge in [-0.15, -0.1) is 0 Å². The lowest BCUT2D eigenvalue weighted by molar-refractivity contribution is -0.898. The van der Waals surface area contributed by atoms with E-state index in [1.807, 2.05) is 0 Å². The second-order valence-electron chi connectivity index (χ2n) is 5.13. The second kappa shape index (κ2) is 7.13. The number of quaternary nitrogens is 1. The van der Waals surface area contributed by atoms with Crippen molar-refractivity contribution in [1.29, 1.82) is 0 Å². The fourth-order valence-electron chi connectivity index (χ4n) is 2.63. The van der Waals surface area contributed by atoms with Crippen LogP contribution in [0.5, 0.6) is 11.5 Å². The summed E-state index contributed by atoms with van der Waals surface area (Å²) in [4.78, 5) is 25.9. The molecule has 1 aliphatic heterocycles. The van der Waals surface area contributed by atoms with Crippen molar-refractivity contribution in [2.75, 3.05) is 46.9 Å². The quantitative estimate of drug-likeness (QED) is 0.667. The number of nitrogens with zero attached hydrogens (tertiary/aromatic N) is 1. The third-order valence-corrected chi connectivity index (χ3v) is 3.79. The number of hydrogen-bond donors (Lipinski definition) is 1. The van der Waals surface area contributed by atoms with Gasteiger partial charge in [-0.3, -0.25) is 4.79 Å². The summed E-state index contributed by atoms with van der Waals surface area (Å²) in [5, 5.41) is 10.6. The fraction of sp³-hybridized carbons (Fsp3) is 0.467. The molecule has 0 saturated carbocycles. The molecule has 1 aromatic carbocycles. The van der Waals surface area contributed by atoms with E-state index in [9.17, 15) is 14.7 Å². The molecule has 0 aromatic heterocycles. The Bertz CT molecular complexity index is 531.